The summed E-state index contributed by atoms with van der Waals surface area (Å²) >= 11 is 0. The van der Waals surface area contributed by atoms with Gasteiger partial charge in [-0.1, -0.05) is 12.1 Å². The fourth-order valence-corrected chi connectivity index (χ4v) is 2.49. The van der Waals surface area contributed by atoms with Gasteiger partial charge in [0.2, 0.25) is 0 Å². The Morgan fingerprint density at radius 3 is 3.00 bits per heavy atom. The number of halogens is 1. The third-order valence-corrected chi connectivity index (χ3v) is 3.57. The molecule has 0 saturated carbocycles. The number of para-hydroxylation sites is 1. The molecule has 113 valence electrons. The van der Waals surface area contributed by atoms with Crippen molar-refractivity contribution in [2.45, 2.75) is 12.5 Å². The minimum atomic E-state index is -0.449. The summed E-state index contributed by atoms with van der Waals surface area (Å²) in [4.78, 5) is 18.3. The van der Waals surface area contributed by atoms with Gasteiger partial charge in [0.25, 0.3) is 0 Å². The average molecular weight is 299 g/mol. The SMILES string of the molecule is O=C(Nc1ccccc1F)N[C@H]1CCN(c2cc[c]cn2)C1. The van der Waals surface area contributed by atoms with Crippen LogP contribution in [0.4, 0.5) is 20.7 Å². The van der Waals surface area contributed by atoms with Crippen LogP contribution in [-0.2, 0) is 0 Å². The molecule has 1 aliphatic heterocycles. The molecule has 2 heterocycles. The second kappa shape index (κ2) is 6.43. The van der Waals surface area contributed by atoms with E-state index in [0.717, 1.165) is 18.8 Å². The molecule has 1 fully saturated rings. The van der Waals surface area contributed by atoms with Gasteiger partial charge in [-0.3, -0.25) is 0 Å². The van der Waals surface area contributed by atoms with Crippen LogP contribution in [0.1, 0.15) is 6.42 Å². The number of amides is 2. The smallest absolute Gasteiger partial charge is 0.319 e. The highest BCUT2D eigenvalue weighted by atomic mass is 19.1. The van der Waals surface area contributed by atoms with E-state index < -0.39 is 11.8 Å². The number of hydrogen-bond donors (Lipinski definition) is 2. The van der Waals surface area contributed by atoms with Crippen LogP contribution in [0, 0.1) is 11.9 Å². The van der Waals surface area contributed by atoms with E-state index in [-0.39, 0.29) is 11.7 Å². The van der Waals surface area contributed by atoms with Crippen molar-refractivity contribution in [1.82, 2.24) is 10.3 Å². The topological polar surface area (TPSA) is 57.3 Å². The number of rotatable bonds is 3. The van der Waals surface area contributed by atoms with Crippen molar-refractivity contribution in [3.8, 4) is 0 Å². The molecule has 0 spiro atoms. The first kappa shape index (κ1) is 14.3. The van der Waals surface area contributed by atoms with Gasteiger partial charge in [-0.2, -0.15) is 0 Å². The van der Waals surface area contributed by atoms with E-state index in [0.29, 0.717) is 6.54 Å². The summed E-state index contributed by atoms with van der Waals surface area (Å²) in [5.74, 6) is 0.424. The van der Waals surface area contributed by atoms with Gasteiger partial charge in [0.05, 0.1) is 5.69 Å². The van der Waals surface area contributed by atoms with E-state index in [4.69, 9.17) is 0 Å². The number of carbonyl (C=O) groups excluding carboxylic acids is 1. The highest BCUT2D eigenvalue weighted by molar-refractivity contribution is 5.89. The van der Waals surface area contributed by atoms with Gasteiger partial charge >= 0.3 is 6.03 Å². The molecule has 5 nitrogen and oxygen atoms in total. The molecule has 0 aliphatic carbocycles. The van der Waals surface area contributed by atoms with Crippen molar-refractivity contribution in [2.75, 3.05) is 23.3 Å². The lowest BCUT2D eigenvalue weighted by molar-refractivity contribution is 0.249. The molecule has 1 saturated heterocycles. The summed E-state index contributed by atoms with van der Waals surface area (Å²) in [6.45, 7) is 1.50. The van der Waals surface area contributed by atoms with Crippen molar-refractivity contribution in [2.24, 2.45) is 0 Å². The van der Waals surface area contributed by atoms with Gasteiger partial charge in [0, 0.05) is 31.4 Å². The zero-order valence-electron chi connectivity index (χ0n) is 11.9. The summed E-state index contributed by atoms with van der Waals surface area (Å²) < 4.78 is 13.5. The van der Waals surface area contributed by atoms with Crippen molar-refractivity contribution in [1.29, 1.82) is 0 Å². The molecule has 3 rings (SSSR count). The third-order valence-electron chi connectivity index (χ3n) is 3.57. The molecule has 1 atom stereocenters. The van der Waals surface area contributed by atoms with Crippen LogP contribution < -0.4 is 15.5 Å². The van der Waals surface area contributed by atoms with E-state index in [1.165, 1.54) is 12.1 Å². The van der Waals surface area contributed by atoms with Crippen molar-refractivity contribution in [3.05, 3.63) is 54.5 Å². The number of benzene rings is 1. The molecule has 6 heteroatoms. The monoisotopic (exact) mass is 299 g/mol. The Kier molecular flexibility index (Phi) is 4.18. The first-order valence-corrected chi connectivity index (χ1v) is 7.11. The second-order valence-electron chi connectivity index (χ2n) is 5.13. The zero-order valence-corrected chi connectivity index (χ0v) is 11.9. The Hall–Kier alpha value is -2.63. The van der Waals surface area contributed by atoms with E-state index in [9.17, 15) is 9.18 Å². The highest BCUT2D eigenvalue weighted by Gasteiger charge is 2.24. The van der Waals surface area contributed by atoms with Crippen LogP contribution >= 0.6 is 0 Å². The van der Waals surface area contributed by atoms with E-state index in [1.54, 1.807) is 18.3 Å². The van der Waals surface area contributed by atoms with Gasteiger partial charge in [0.1, 0.15) is 11.6 Å². The number of pyridine rings is 1. The number of aromatic nitrogens is 1. The number of hydrogen-bond acceptors (Lipinski definition) is 3. The maximum Gasteiger partial charge on any atom is 0.319 e. The highest BCUT2D eigenvalue weighted by Crippen LogP contribution is 2.17. The van der Waals surface area contributed by atoms with Crippen LogP contribution in [0.2, 0.25) is 0 Å². The predicted octanol–water partition coefficient (Wildman–Crippen LogP) is 2.42. The number of nitrogens with one attached hydrogen (secondary N) is 2. The summed E-state index contributed by atoms with van der Waals surface area (Å²) in [5, 5.41) is 5.39. The van der Waals surface area contributed by atoms with E-state index in [1.807, 2.05) is 12.1 Å². The molecular weight excluding hydrogens is 283 g/mol. The quantitative estimate of drug-likeness (QED) is 0.915. The van der Waals surface area contributed by atoms with Crippen molar-refractivity contribution < 1.29 is 9.18 Å². The zero-order chi connectivity index (χ0) is 15.4. The van der Waals surface area contributed by atoms with Gasteiger partial charge in [-0.25, -0.2) is 14.2 Å². The molecule has 1 aromatic heterocycles. The fourth-order valence-electron chi connectivity index (χ4n) is 2.49. The molecular formula is C16H16FN4O. The second-order valence-corrected chi connectivity index (χ2v) is 5.13. The van der Waals surface area contributed by atoms with Gasteiger partial charge in [-0.05, 0) is 30.7 Å². The Morgan fingerprint density at radius 1 is 1.36 bits per heavy atom. The van der Waals surface area contributed by atoms with Gasteiger partial charge in [-0.15, -0.1) is 0 Å². The summed E-state index contributed by atoms with van der Waals surface area (Å²) in [6, 6.07) is 12.3. The molecule has 22 heavy (non-hydrogen) atoms. The van der Waals surface area contributed by atoms with Crippen LogP contribution in [0.5, 0.6) is 0 Å². The van der Waals surface area contributed by atoms with E-state index in [2.05, 4.69) is 26.6 Å². The normalized spacial score (nSPS) is 17.3. The Bertz CT molecular complexity index is 650. The van der Waals surface area contributed by atoms with Gasteiger partial charge in [0.15, 0.2) is 0 Å². The summed E-state index contributed by atoms with van der Waals surface area (Å²) in [7, 11) is 0. The minimum Gasteiger partial charge on any atom is -0.354 e. The molecule has 2 aromatic rings. The Balaban J connectivity index is 1.54. The number of anilines is 2. The van der Waals surface area contributed by atoms with Crippen molar-refractivity contribution in [3.63, 3.8) is 0 Å². The molecule has 0 bridgehead atoms. The lowest BCUT2D eigenvalue weighted by Crippen LogP contribution is -2.40. The number of carbonyl (C=O) groups is 1. The first-order valence-electron chi connectivity index (χ1n) is 7.11. The summed E-state index contributed by atoms with van der Waals surface area (Å²) in [6.07, 6.45) is 2.45. The van der Waals surface area contributed by atoms with E-state index >= 15 is 0 Å². The molecule has 1 aromatic carbocycles. The van der Waals surface area contributed by atoms with Crippen LogP contribution in [0.15, 0.2) is 42.6 Å². The number of urea groups is 1. The molecule has 2 N–H and O–H groups in total. The lowest BCUT2D eigenvalue weighted by Gasteiger charge is -2.18. The standard InChI is InChI=1S/C16H16FN4O/c17-13-5-1-2-6-14(13)20-16(22)19-12-8-10-21(11-12)15-7-3-4-9-18-15/h1-3,5-7,9,12H,8,10-11H2,(H2,19,20,22)/t12-/m0/s1. The lowest BCUT2D eigenvalue weighted by atomic mass is 10.2. The largest absolute Gasteiger partial charge is 0.354 e. The molecule has 1 aliphatic rings. The maximum atomic E-state index is 13.5. The van der Waals surface area contributed by atoms with Crippen molar-refractivity contribution >= 4 is 17.5 Å². The first-order chi connectivity index (χ1) is 10.7. The van der Waals surface area contributed by atoms with Crippen LogP contribution in [0.3, 0.4) is 0 Å². The molecule has 2 amide bonds. The Morgan fingerprint density at radius 2 is 2.23 bits per heavy atom. The Labute approximate surface area is 128 Å². The summed E-state index contributed by atoms with van der Waals surface area (Å²) in [5.41, 5.74) is 0.176. The third kappa shape index (κ3) is 3.33. The molecule has 1 radical (unpaired) electrons. The predicted molar refractivity (Wildman–Crippen MR) is 82.2 cm³/mol. The van der Waals surface area contributed by atoms with Gasteiger partial charge < -0.3 is 15.5 Å². The minimum absolute atomic E-state index is 0.0118. The van der Waals surface area contributed by atoms with Crippen LogP contribution in [0.25, 0.3) is 0 Å². The number of nitrogens with zero attached hydrogens (tertiary/aromatic N) is 2. The maximum absolute atomic E-state index is 13.5. The molecule has 0 unspecified atom stereocenters. The fraction of sp³-hybridized carbons (Fsp3) is 0.250. The van der Waals surface area contributed by atoms with Crippen LogP contribution in [-0.4, -0.2) is 30.1 Å². The average Bonchev–Trinajstić information content (AvgIpc) is 2.99.